The van der Waals surface area contributed by atoms with E-state index in [2.05, 4.69) is 56.5 Å². The number of likely N-dealkylation sites (N-methyl/N-ethyl adjacent to an activating group) is 1. The lowest BCUT2D eigenvalue weighted by atomic mass is 10.1. The predicted molar refractivity (Wildman–Crippen MR) is 100 cm³/mol. The van der Waals surface area contributed by atoms with Crippen LogP contribution >= 0.6 is 0 Å². The number of ether oxygens (including phenoxy) is 2. The third-order valence-corrected chi connectivity index (χ3v) is 3.61. The van der Waals surface area contributed by atoms with E-state index >= 15 is 0 Å². The van der Waals surface area contributed by atoms with Gasteiger partial charge < -0.3 is 25.0 Å². The van der Waals surface area contributed by atoms with Gasteiger partial charge in [0, 0.05) is 12.6 Å². The summed E-state index contributed by atoms with van der Waals surface area (Å²) in [6, 6.07) is 6.49. The normalized spacial score (nSPS) is 13.1. The van der Waals surface area contributed by atoms with Crippen LogP contribution in [0.1, 0.15) is 32.4 Å². The summed E-state index contributed by atoms with van der Waals surface area (Å²) in [6.07, 6.45) is 0. The summed E-state index contributed by atoms with van der Waals surface area (Å²) >= 11 is 0. The predicted octanol–water partition coefficient (Wildman–Crippen LogP) is 2.27. The number of nitrogens with zero attached hydrogens (tertiary/aromatic N) is 2. The van der Waals surface area contributed by atoms with Crippen molar-refractivity contribution in [2.24, 2.45) is 4.99 Å². The number of hydrogen-bond acceptors (Lipinski definition) is 4. The molecule has 136 valence electrons. The molecule has 24 heavy (non-hydrogen) atoms. The van der Waals surface area contributed by atoms with E-state index in [1.54, 1.807) is 14.2 Å². The Labute approximate surface area is 146 Å². The largest absolute Gasteiger partial charge is 0.493 e. The first-order chi connectivity index (χ1) is 11.4. The van der Waals surface area contributed by atoms with E-state index in [0.29, 0.717) is 12.6 Å². The van der Waals surface area contributed by atoms with E-state index in [9.17, 15) is 0 Å². The summed E-state index contributed by atoms with van der Waals surface area (Å²) in [5.74, 6) is 2.30. The van der Waals surface area contributed by atoms with Crippen LogP contribution in [0.4, 0.5) is 0 Å². The highest BCUT2D eigenvalue weighted by molar-refractivity contribution is 5.80. The number of nitrogens with one attached hydrogen (secondary N) is 2. The Morgan fingerprint density at radius 2 is 1.83 bits per heavy atom. The van der Waals surface area contributed by atoms with Crippen LogP contribution in [0.3, 0.4) is 0 Å². The van der Waals surface area contributed by atoms with Gasteiger partial charge in [-0.3, -0.25) is 4.99 Å². The molecule has 0 fully saturated rings. The van der Waals surface area contributed by atoms with E-state index < -0.39 is 0 Å². The van der Waals surface area contributed by atoms with E-state index in [-0.39, 0.29) is 6.04 Å². The fraction of sp³-hybridized carbons (Fsp3) is 0.611. The van der Waals surface area contributed by atoms with Gasteiger partial charge in [0.25, 0.3) is 0 Å². The fourth-order valence-corrected chi connectivity index (χ4v) is 2.40. The van der Waals surface area contributed by atoms with Crippen molar-refractivity contribution in [3.8, 4) is 11.5 Å². The second-order valence-corrected chi connectivity index (χ2v) is 6.11. The van der Waals surface area contributed by atoms with Crippen LogP contribution < -0.4 is 20.1 Å². The molecule has 1 rings (SSSR count). The van der Waals surface area contributed by atoms with E-state index in [0.717, 1.165) is 29.6 Å². The van der Waals surface area contributed by atoms with Gasteiger partial charge in [0.05, 0.1) is 26.8 Å². The molecule has 6 nitrogen and oxygen atoms in total. The highest BCUT2D eigenvalue weighted by atomic mass is 16.5. The molecule has 0 radical (unpaired) electrons. The first kappa shape index (κ1) is 20.1. The molecule has 6 heteroatoms. The SMILES string of the molecule is CCNC(=NCC(c1ccc(OC)c(OC)c1)N(C)C)NC(C)C. The molecule has 0 aromatic heterocycles. The molecule has 0 saturated heterocycles. The number of aliphatic imine (C=N–C) groups is 1. The first-order valence-electron chi connectivity index (χ1n) is 8.36. The molecule has 1 unspecified atom stereocenters. The molecule has 0 aliphatic carbocycles. The van der Waals surface area contributed by atoms with Crippen LogP contribution in [0.2, 0.25) is 0 Å². The summed E-state index contributed by atoms with van der Waals surface area (Å²) in [4.78, 5) is 6.89. The topological polar surface area (TPSA) is 58.1 Å². The molecule has 0 aliphatic rings. The summed E-state index contributed by atoms with van der Waals surface area (Å²) in [5, 5.41) is 6.62. The third-order valence-electron chi connectivity index (χ3n) is 3.61. The molecule has 0 bridgehead atoms. The fourth-order valence-electron chi connectivity index (χ4n) is 2.40. The monoisotopic (exact) mass is 336 g/mol. The lowest BCUT2D eigenvalue weighted by molar-refractivity contribution is 0.303. The number of benzene rings is 1. The molecule has 0 saturated carbocycles. The molecular formula is C18H32N4O2. The quantitative estimate of drug-likeness (QED) is 0.563. The lowest BCUT2D eigenvalue weighted by Gasteiger charge is -2.25. The van der Waals surface area contributed by atoms with Crippen LogP contribution in [0.15, 0.2) is 23.2 Å². The van der Waals surface area contributed by atoms with Crippen molar-refractivity contribution in [3.05, 3.63) is 23.8 Å². The Morgan fingerprint density at radius 1 is 1.17 bits per heavy atom. The zero-order valence-corrected chi connectivity index (χ0v) is 16.0. The molecular weight excluding hydrogens is 304 g/mol. The summed E-state index contributed by atoms with van der Waals surface area (Å²) in [6.45, 7) is 7.75. The molecule has 0 heterocycles. The highest BCUT2D eigenvalue weighted by Crippen LogP contribution is 2.31. The third kappa shape index (κ3) is 5.92. The van der Waals surface area contributed by atoms with Gasteiger partial charge >= 0.3 is 0 Å². The molecule has 0 amide bonds. The Balaban J connectivity index is 3.02. The Morgan fingerprint density at radius 3 is 2.33 bits per heavy atom. The second kappa shape index (κ2) is 10.0. The molecule has 0 spiro atoms. The lowest BCUT2D eigenvalue weighted by Crippen LogP contribution is -2.41. The van der Waals surface area contributed by atoms with Crippen molar-refractivity contribution in [1.82, 2.24) is 15.5 Å². The maximum Gasteiger partial charge on any atom is 0.191 e. The number of methoxy groups -OCH3 is 2. The van der Waals surface area contributed by atoms with Crippen LogP contribution in [0.25, 0.3) is 0 Å². The number of hydrogen-bond donors (Lipinski definition) is 2. The average molecular weight is 336 g/mol. The Bertz CT molecular complexity index is 530. The van der Waals surface area contributed by atoms with Gasteiger partial charge in [-0.25, -0.2) is 0 Å². The molecule has 1 atom stereocenters. The molecule has 0 aliphatic heterocycles. The van der Waals surface area contributed by atoms with Gasteiger partial charge in [-0.1, -0.05) is 6.07 Å². The average Bonchev–Trinajstić information content (AvgIpc) is 2.54. The maximum absolute atomic E-state index is 5.42. The van der Waals surface area contributed by atoms with Crippen molar-refractivity contribution in [2.45, 2.75) is 32.9 Å². The van der Waals surface area contributed by atoms with Crippen molar-refractivity contribution in [2.75, 3.05) is 41.4 Å². The van der Waals surface area contributed by atoms with Crippen molar-refractivity contribution >= 4 is 5.96 Å². The zero-order valence-electron chi connectivity index (χ0n) is 16.0. The summed E-state index contributed by atoms with van der Waals surface area (Å²) in [5.41, 5.74) is 1.14. The van der Waals surface area contributed by atoms with Crippen molar-refractivity contribution in [1.29, 1.82) is 0 Å². The second-order valence-electron chi connectivity index (χ2n) is 6.11. The first-order valence-corrected chi connectivity index (χ1v) is 8.36. The summed E-state index contributed by atoms with van der Waals surface area (Å²) < 4.78 is 10.7. The number of rotatable bonds is 8. The van der Waals surface area contributed by atoms with Crippen LogP contribution in [0.5, 0.6) is 11.5 Å². The van der Waals surface area contributed by atoms with E-state index in [1.165, 1.54) is 0 Å². The van der Waals surface area contributed by atoms with Gasteiger partial charge in [-0.2, -0.15) is 0 Å². The van der Waals surface area contributed by atoms with Gasteiger partial charge in [-0.15, -0.1) is 0 Å². The minimum absolute atomic E-state index is 0.146. The molecule has 2 N–H and O–H groups in total. The number of guanidine groups is 1. The van der Waals surface area contributed by atoms with E-state index in [4.69, 9.17) is 14.5 Å². The van der Waals surface area contributed by atoms with Gasteiger partial charge in [0.1, 0.15) is 0 Å². The van der Waals surface area contributed by atoms with Crippen LogP contribution in [-0.2, 0) is 0 Å². The highest BCUT2D eigenvalue weighted by Gasteiger charge is 2.16. The van der Waals surface area contributed by atoms with Crippen molar-refractivity contribution < 1.29 is 9.47 Å². The minimum atomic E-state index is 0.146. The minimum Gasteiger partial charge on any atom is -0.493 e. The Kier molecular flexibility index (Phi) is 8.40. The van der Waals surface area contributed by atoms with E-state index in [1.807, 2.05) is 12.1 Å². The zero-order chi connectivity index (χ0) is 18.1. The molecule has 1 aromatic carbocycles. The molecule has 1 aromatic rings. The maximum atomic E-state index is 5.42. The van der Waals surface area contributed by atoms with Crippen LogP contribution in [0, 0.1) is 0 Å². The standard InChI is InChI=1S/C18H32N4O2/c1-8-19-18(21-13(2)3)20-12-15(22(4)5)14-9-10-16(23-6)17(11-14)24-7/h9-11,13,15H,8,12H2,1-7H3,(H2,19,20,21). The Hall–Kier alpha value is -1.95. The van der Waals surface area contributed by atoms with Crippen LogP contribution in [-0.4, -0.2) is 58.3 Å². The summed E-state index contributed by atoms with van der Waals surface area (Å²) in [7, 11) is 7.41. The van der Waals surface area contributed by atoms with Gasteiger partial charge in [-0.05, 0) is 52.6 Å². The van der Waals surface area contributed by atoms with Gasteiger partial charge in [0.15, 0.2) is 17.5 Å². The smallest absolute Gasteiger partial charge is 0.191 e. The van der Waals surface area contributed by atoms with Crippen molar-refractivity contribution in [3.63, 3.8) is 0 Å². The van der Waals surface area contributed by atoms with Gasteiger partial charge in [0.2, 0.25) is 0 Å².